The van der Waals surface area contributed by atoms with E-state index in [2.05, 4.69) is 26.2 Å². The van der Waals surface area contributed by atoms with Crippen LogP contribution in [0.15, 0.2) is 24.1 Å². The maximum atomic E-state index is 4.72. The molecule has 0 amide bonds. The highest BCUT2D eigenvalue weighted by atomic mass is 32.1. The molecule has 0 unspecified atom stereocenters. The van der Waals surface area contributed by atoms with Gasteiger partial charge in [-0.1, -0.05) is 0 Å². The second-order valence-corrected chi connectivity index (χ2v) is 6.67. The lowest BCUT2D eigenvalue weighted by molar-refractivity contribution is 0.808. The third-order valence-corrected chi connectivity index (χ3v) is 4.71. The van der Waals surface area contributed by atoms with Crippen LogP contribution >= 0.6 is 11.3 Å². The maximum absolute atomic E-state index is 4.72. The Morgan fingerprint density at radius 3 is 2.75 bits per heavy atom. The Labute approximate surface area is 143 Å². The van der Waals surface area contributed by atoms with Gasteiger partial charge in [0.2, 0.25) is 0 Å². The molecular weight excluding hydrogens is 322 g/mol. The zero-order valence-corrected chi connectivity index (χ0v) is 14.6. The zero-order chi connectivity index (χ0) is 16.7. The van der Waals surface area contributed by atoms with Crippen LogP contribution in [0.4, 0.5) is 0 Å². The van der Waals surface area contributed by atoms with Crippen LogP contribution in [0.3, 0.4) is 0 Å². The van der Waals surface area contributed by atoms with Crippen molar-refractivity contribution in [2.45, 2.75) is 26.7 Å². The predicted molar refractivity (Wildman–Crippen MR) is 92.0 cm³/mol. The largest absolute Gasteiger partial charge is 0.333 e. The van der Waals surface area contributed by atoms with Crippen LogP contribution < -0.4 is 0 Å². The van der Waals surface area contributed by atoms with E-state index in [9.17, 15) is 0 Å². The van der Waals surface area contributed by atoms with Crippen molar-refractivity contribution in [1.29, 1.82) is 0 Å². The van der Waals surface area contributed by atoms with E-state index in [1.54, 1.807) is 11.3 Å². The zero-order valence-electron chi connectivity index (χ0n) is 13.8. The van der Waals surface area contributed by atoms with Crippen LogP contribution in [0.1, 0.15) is 22.9 Å². The molecule has 4 aromatic rings. The molecule has 122 valence electrons. The molecule has 0 radical (unpaired) electrons. The third-order valence-electron chi connectivity index (χ3n) is 3.94. The average Bonchev–Trinajstić information content (AvgIpc) is 3.28. The van der Waals surface area contributed by atoms with Crippen molar-refractivity contribution in [1.82, 2.24) is 34.1 Å². The summed E-state index contributed by atoms with van der Waals surface area (Å²) in [5.41, 5.74) is 5.57. The van der Waals surface area contributed by atoms with E-state index < -0.39 is 0 Å². The molecule has 0 aromatic carbocycles. The Kier molecular flexibility index (Phi) is 3.61. The molecule has 4 rings (SSSR count). The minimum Gasteiger partial charge on any atom is -0.333 e. The first-order valence-electron chi connectivity index (χ1n) is 7.71. The molecule has 0 spiro atoms. The number of aromatic nitrogens is 7. The summed E-state index contributed by atoms with van der Waals surface area (Å²) in [6.45, 7) is 3.94. The van der Waals surface area contributed by atoms with Crippen molar-refractivity contribution in [2.24, 2.45) is 7.05 Å². The number of hydrogen-bond acceptors (Lipinski definition) is 6. The highest BCUT2D eigenvalue weighted by Crippen LogP contribution is 2.22. The monoisotopic (exact) mass is 339 g/mol. The lowest BCUT2D eigenvalue weighted by atomic mass is 10.2. The van der Waals surface area contributed by atoms with Crippen LogP contribution in [-0.4, -0.2) is 34.1 Å². The molecule has 0 bridgehead atoms. The molecule has 0 aliphatic heterocycles. The van der Waals surface area contributed by atoms with E-state index in [0.29, 0.717) is 0 Å². The lowest BCUT2D eigenvalue weighted by Crippen LogP contribution is -1.98. The van der Waals surface area contributed by atoms with Gasteiger partial charge in [-0.05, 0) is 20.3 Å². The molecule has 24 heavy (non-hydrogen) atoms. The van der Waals surface area contributed by atoms with Crippen LogP contribution in [-0.2, 0) is 19.9 Å². The fourth-order valence-electron chi connectivity index (χ4n) is 2.69. The maximum Gasteiger partial charge on any atom is 0.177 e. The first-order chi connectivity index (χ1) is 11.6. The molecule has 4 heterocycles. The number of nitrogens with zero attached hydrogens (tertiary/aromatic N) is 7. The van der Waals surface area contributed by atoms with Crippen molar-refractivity contribution >= 4 is 17.0 Å². The Bertz CT molecular complexity index is 958. The molecule has 0 aliphatic carbocycles. The van der Waals surface area contributed by atoms with Crippen LogP contribution in [0, 0.1) is 13.8 Å². The summed E-state index contributed by atoms with van der Waals surface area (Å²) in [5, 5.41) is 4.59. The van der Waals surface area contributed by atoms with E-state index in [-0.39, 0.29) is 0 Å². The second-order valence-electron chi connectivity index (χ2n) is 5.78. The van der Waals surface area contributed by atoms with Crippen molar-refractivity contribution in [3.63, 3.8) is 0 Å². The van der Waals surface area contributed by atoms with Gasteiger partial charge in [-0.2, -0.15) is 5.10 Å². The molecule has 0 aliphatic rings. The van der Waals surface area contributed by atoms with Gasteiger partial charge in [-0.15, -0.1) is 11.3 Å². The predicted octanol–water partition coefficient (Wildman–Crippen LogP) is 2.38. The summed E-state index contributed by atoms with van der Waals surface area (Å²) in [4.78, 5) is 18.9. The molecule has 0 N–H and O–H groups in total. The molecule has 0 fully saturated rings. The molecule has 4 aromatic heterocycles. The fraction of sp³-hybridized carbons (Fsp3) is 0.312. The Hall–Kier alpha value is -2.61. The summed E-state index contributed by atoms with van der Waals surface area (Å²) < 4.78 is 3.90. The van der Waals surface area contributed by atoms with Crippen molar-refractivity contribution in [2.75, 3.05) is 0 Å². The molecule has 0 atom stereocenters. The standard InChI is InChI=1S/C16H17N7S/c1-10-6-18-11(2)15-20-14(21-23(10)15)5-4-12-8-22(3)16(19-12)13-7-17-9-24-13/h6-9H,4-5H2,1-3H3. The van der Waals surface area contributed by atoms with Gasteiger partial charge in [-0.25, -0.2) is 14.5 Å². The summed E-state index contributed by atoms with van der Waals surface area (Å²) in [6, 6.07) is 0. The van der Waals surface area contributed by atoms with E-state index >= 15 is 0 Å². The minimum absolute atomic E-state index is 0.750. The summed E-state index contributed by atoms with van der Waals surface area (Å²) >= 11 is 1.59. The van der Waals surface area contributed by atoms with E-state index in [1.165, 1.54) is 0 Å². The Morgan fingerprint density at radius 1 is 1.12 bits per heavy atom. The van der Waals surface area contributed by atoms with E-state index in [0.717, 1.165) is 52.1 Å². The lowest BCUT2D eigenvalue weighted by Gasteiger charge is -1.97. The number of fused-ring (bicyclic) bond motifs is 1. The topological polar surface area (TPSA) is 73.8 Å². The SMILES string of the molecule is Cc1ncc(C)n2nc(CCc3cn(C)c(-c4cncs4)n3)nc12. The smallest absolute Gasteiger partial charge is 0.177 e. The second kappa shape index (κ2) is 5.79. The van der Waals surface area contributed by atoms with E-state index in [4.69, 9.17) is 4.98 Å². The first kappa shape index (κ1) is 14.9. The summed E-state index contributed by atoms with van der Waals surface area (Å²) in [7, 11) is 2.01. The van der Waals surface area contributed by atoms with Crippen LogP contribution in [0.2, 0.25) is 0 Å². The summed E-state index contributed by atoms with van der Waals surface area (Å²) in [6.07, 6.45) is 7.28. The van der Waals surface area contributed by atoms with Gasteiger partial charge in [0.1, 0.15) is 0 Å². The summed E-state index contributed by atoms with van der Waals surface area (Å²) in [5.74, 6) is 1.77. The molecule has 0 saturated heterocycles. The van der Waals surface area contributed by atoms with Crippen LogP contribution in [0.5, 0.6) is 0 Å². The molecule has 0 saturated carbocycles. The first-order valence-corrected chi connectivity index (χ1v) is 8.59. The number of thiazole rings is 1. The highest BCUT2D eigenvalue weighted by molar-refractivity contribution is 7.13. The number of rotatable bonds is 4. The van der Waals surface area contributed by atoms with Gasteiger partial charge >= 0.3 is 0 Å². The van der Waals surface area contributed by atoms with Crippen molar-refractivity contribution in [3.05, 3.63) is 47.0 Å². The van der Waals surface area contributed by atoms with Crippen LogP contribution in [0.25, 0.3) is 16.3 Å². The average molecular weight is 339 g/mol. The molecule has 7 nitrogen and oxygen atoms in total. The normalized spacial score (nSPS) is 11.5. The fourth-order valence-corrected chi connectivity index (χ4v) is 3.34. The van der Waals surface area contributed by atoms with Gasteiger partial charge in [0.15, 0.2) is 17.3 Å². The van der Waals surface area contributed by atoms with Gasteiger partial charge in [-0.3, -0.25) is 9.97 Å². The van der Waals surface area contributed by atoms with E-state index in [1.807, 2.05) is 47.9 Å². The van der Waals surface area contributed by atoms with Gasteiger partial charge < -0.3 is 4.57 Å². The Morgan fingerprint density at radius 2 is 2.00 bits per heavy atom. The quantitative estimate of drug-likeness (QED) is 0.571. The number of hydrogen-bond donors (Lipinski definition) is 0. The minimum atomic E-state index is 0.750. The molecular formula is C16H17N7S. The highest BCUT2D eigenvalue weighted by Gasteiger charge is 2.12. The van der Waals surface area contributed by atoms with Crippen molar-refractivity contribution < 1.29 is 0 Å². The van der Waals surface area contributed by atoms with Crippen molar-refractivity contribution in [3.8, 4) is 10.7 Å². The number of imidazole rings is 1. The van der Waals surface area contributed by atoms with Gasteiger partial charge in [0, 0.05) is 32.1 Å². The van der Waals surface area contributed by atoms with Gasteiger partial charge in [0.25, 0.3) is 0 Å². The molecule has 8 heteroatoms. The Balaban J connectivity index is 1.56. The third kappa shape index (κ3) is 2.58. The van der Waals surface area contributed by atoms with Gasteiger partial charge in [0.05, 0.1) is 27.5 Å². The number of aryl methyl sites for hydroxylation is 5.